The van der Waals surface area contributed by atoms with Gasteiger partial charge in [-0.1, -0.05) is 0 Å². The average molecular weight is 230 g/mol. The van der Waals surface area contributed by atoms with Crippen LogP contribution in [0.25, 0.3) is 0 Å². The van der Waals surface area contributed by atoms with Gasteiger partial charge in [0.1, 0.15) is 0 Å². The SMILES string of the molecule is CC(CCCO)NCCCN1CCOCC1. The molecule has 0 saturated carbocycles. The zero-order valence-electron chi connectivity index (χ0n) is 10.5. The second-order valence-electron chi connectivity index (χ2n) is 4.53. The second kappa shape index (κ2) is 8.93. The van der Waals surface area contributed by atoms with Crippen molar-refractivity contribution in [3.05, 3.63) is 0 Å². The fraction of sp³-hybridized carbons (Fsp3) is 1.00. The fourth-order valence-electron chi connectivity index (χ4n) is 1.98. The first-order chi connectivity index (χ1) is 7.83. The molecule has 0 aliphatic carbocycles. The molecule has 1 fully saturated rings. The quantitative estimate of drug-likeness (QED) is 0.595. The molecule has 0 aromatic carbocycles. The summed E-state index contributed by atoms with van der Waals surface area (Å²) >= 11 is 0. The van der Waals surface area contributed by atoms with E-state index in [2.05, 4.69) is 17.1 Å². The molecule has 1 aliphatic heterocycles. The minimum atomic E-state index is 0.305. The Morgan fingerprint density at radius 2 is 2.06 bits per heavy atom. The fourth-order valence-corrected chi connectivity index (χ4v) is 1.98. The number of nitrogens with one attached hydrogen (secondary N) is 1. The number of hydrogen-bond acceptors (Lipinski definition) is 4. The van der Waals surface area contributed by atoms with Crippen LogP contribution in [0.2, 0.25) is 0 Å². The topological polar surface area (TPSA) is 44.7 Å². The zero-order chi connectivity index (χ0) is 11.6. The van der Waals surface area contributed by atoms with Gasteiger partial charge in [0.15, 0.2) is 0 Å². The molecular formula is C12H26N2O2. The van der Waals surface area contributed by atoms with Gasteiger partial charge in [-0.25, -0.2) is 0 Å². The summed E-state index contributed by atoms with van der Waals surface area (Å²) in [6, 6.07) is 0.525. The summed E-state index contributed by atoms with van der Waals surface area (Å²) in [5.41, 5.74) is 0. The predicted octanol–water partition coefficient (Wildman–Crippen LogP) is 0.459. The van der Waals surface area contributed by atoms with Crippen LogP contribution in [0.5, 0.6) is 0 Å². The Bertz CT molecular complexity index is 161. The third-order valence-electron chi connectivity index (χ3n) is 3.04. The van der Waals surface area contributed by atoms with Crippen LogP contribution >= 0.6 is 0 Å². The standard InChI is InChI=1S/C12H26N2O2/c1-12(4-2-9-15)13-5-3-6-14-7-10-16-11-8-14/h12-13,15H,2-11H2,1H3. The van der Waals surface area contributed by atoms with E-state index in [0.29, 0.717) is 12.6 Å². The highest BCUT2D eigenvalue weighted by Crippen LogP contribution is 1.98. The molecule has 1 saturated heterocycles. The lowest BCUT2D eigenvalue weighted by molar-refractivity contribution is 0.0374. The minimum Gasteiger partial charge on any atom is -0.396 e. The maximum atomic E-state index is 8.71. The third kappa shape index (κ3) is 6.43. The molecule has 0 bridgehead atoms. The monoisotopic (exact) mass is 230 g/mol. The van der Waals surface area contributed by atoms with Gasteiger partial charge in [0, 0.05) is 25.7 Å². The Kier molecular flexibility index (Phi) is 7.76. The first kappa shape index (κ1) is 13.9. The van der Waals surface area contributed by atoms with Crippen molar-refractivity contribution in [3.63, 3.8) is 0 Å². The number of hydrogen-bond donors (Lipinski definition) is 2. The summed E-state index contributed by atoms with van der Waals surface area (Å²) in [5.74, 6) is 0. The molecule has 0 aromatic rings. The molecule has 1 rings (SSSR count). The molecule has 0 spiro atoms. The van der Waals surface area contributed by atoms with Crippen LogP contribution < -0.4 is 5.32 Å². The van der Waals surface area contributed by atoms with E-state index in [-0.39, 0.29) is 0 Å². The minimum absolute atomic E-state index is 0.305. The molecule has 0 radical (unpaired) electrons. The van der Waals surface area contributed by atoms with Crippen LogP contribution in [0.1, 0.15) is 26.2 Å². The van der Waals surface area contributed by atoms with E-state index >= 15 is 0 Å². The first-order valence-electron chi connectivity index (χ1n) is 6.47. The van der Waals surface area contributed by atoms with Crippen molar-refractivity contribution < 1.29 is 9.84 Å². The molecule has 1 unspecified atom stereocenters. The first-order valence-corrected chi connectivity index (χ1v) is 6.47. The lowest BCUT2D eigenvalue weighted by Gasteiger charge is -2.26. The molecule has 4 heteroatoms. The van der Waals surface area contributed by atoms with Crippen LogP contribution in [0.15, 0.2) is 0 Å². The van der Waals surface area contributed by atoms with Gasteiger partial charge in [-0.05, 0) is 39.3 Å². The number of ether oxygens (including phenoxy) is 1. The lowest BCUT2D eigenvalue weighted by atomic mass is 10.2. The Morgan fingerprint density at radius 1 is 1.31 bits per heavy atom. The van der Waals surface area contributed by atoms with Gasteiger partial charge in [-0.15, -0.1) is 0 Å². The van der Waals surface area contributed by atoms with Crippen LogP contribution in [0, 0.1) is 0 Å². The van der Waals surface area contributed by atoms with Crippen LogP contribution in [-0.4, -0.2) is 62.0 Å². The second-order valence-corrected chi connectivity index (χ2v) is 4.53. The average Bonchev–Trinajstić information content (AvgIpc) is 2.33. The van der Waals surface area contributed by atoms with Crippen molar-refractivity contribution in [2.75, 3.05) is 46.0 Å². The maximum Gasteiger partial charge on any atom is 0.0594 e. The summed E-state index contributed by atoms with van der Waals surface area (Å²) in [4.78, 5) is 2.46. The smallest absolute Gasteiger partial charge is 0.0594 e. The van der Waals surface area contributed by atoms with Crippen LogP contribution in [0.3, 0.4) is 0 Å². The molecule has 4 nitrogen and oxygen atoms in total. The van der Waals surface area contributed by atoms with E-state index in [1.807, 2.05) is 0 Å². The highest BCUT2D eigenvalue weighted by atomic mass is 16.5. The van der Waals surface area contributed by atoms with Gasteiger partial charge < -0.3 is 15.2 Å². The lowest BCUT2D eigenvalue weighted by Crippen LogP contribution is -2.38. The van der Waals surface area contributed by atoms with Crippen molar-refractivity contribution in [2.45, 2.75) is 32.2 Å². The molecule has 2 N–H and O–H groups in total. The van der Waals surface area contributed by atoms with Crippen LogP contribution in [-0.2, 0) is 4.74 Å². The van der Waals surface area contributed by atoms with Gasteiger partial charge in [-0.2, -0.15) is 0 Å². The van der Waals surface area contributed by atoms with Gasteiger partial charge in [0.2, 0.25) is 0 Å². The maximum absolute atomic E-state index is 8.71. The molecule has 16 heavy (non-hydrogen) atoms. The van der Waals surface area contributed by atoms with Crippen molar-refractivity contribution in [1.82, 2.24) is 10.2 Å². The summed E-state index contributed by atoms with van der Waals surface area (Å²) < 4.78 is 5.31. The number of aliphatic hydroxyl groups is 1. The highest BCUT2D eigenvalue weighted by Gasteiger charge is 2.09. The van der Waals surface area contributed by atoms with E-state index < -0.39 is 0 Å². The molecule has 1 atom stereocenters. The van der Waals surface area contributed by atoms with E-state index in [0.717, 1.165) is 45.7 Å². The number of nitrogens with zero attached hydrogens (tertiary/aromatic N) is 1. The highest BCUT2D eigenvalue weighted by molar-refractivity contribution is 4.64. The van der Waals surface area contributed by atoms with Gasteiger partial charge in [0.05, 0.1) is 13.2 Å². The van der Waals surface area contributed by atoms with Crippen molar-refractivity contribution in [1.29, 1.82) is 0 Å². The summed E-state index contributed by atoms with van der Waals surface area (Å²) in [7, 11) is 0. The van der Waals surface area contributed by atoms with E-state index in [1.165, 1.54) is 13.0 Å². The Morgan fingerprint density at radius 3 is 2.75 bits per heavy atom. The third-order valence-corrected chi connectivity index (χ3v) is 3.04. The normalized spacial score (nSPS) is 19.9. The Labute approximate surface area is 99.0 Å². The number of morpholine rings is 1. The zero-order valence-corrected chi connectivity index (χ0v) is 10.5. The summed E-state index contributed by atoms with van der Waals surface area (Å²) in [6.07, 6.45) is 3.16. The summed E-state index contributed by atoms with van der Waals surface area (Å²) in [6.45, 7) is 8.68. The largest absolute Gasteiger partial charge is 0.396 e. The van der Waals surface area contributed by atoms with Gasteiger partial charge in [-0.3, -0.25) is 4.90 Å². The van der Waals surface area contributed by atoms with Crippen LogP contribution in [0.4, 0.5) is 0 Å². The molecule has 1 aliphatic rings. The molecular weight excluding hydrogens is 204 g/mol. The summed E-state index contributed by atoms with van der Waals surface area (Å²) in [5, 5.41) is 12.2. The molecule has 96 valence electrons. The van der Waals surface area contributed by atoms with E-state index in [9.17, 15) is 0 Å². The van der Waals surface area contributed by atoms with E-state index in [4.69, 9.17) is 9.84 Å². The van der Waals surface area contributed by atoms with Crippen molar-refractivity contribution in [2.24, 2.45) is 0 Å². The van der Waals surface area contributed by atoms with Crippen molar-refractivity contribution in [3.8, 4) is 0 Å². The number of aliphatic hydroxyl groups excluding tert-OH is 1. The van der Waals surface area contributed by atoms with Gasteiger partial charge >= 0.3 is 0 Å². The molecule has 1 heterocycles. The van der Waals surface area contributed by atoms with Gasteiger partial charge in [0.25, 0.3) is 0 Å². The van der Waals surface area contributed by atoms with E-state index in [1.54, 1.807) is 0 Å². The van der Waals surface area contributed by atoms with Crippen molar-refractivity contribution >= 4 is 0 Å². The predicted molar refractivity (Wildman–Crippen MR) is 65.7 cm³/mol. The molecule has 0 amide bonds. The Balaban J connectivity index is 1.90. The Hall–Kier alpha value is -0.160. The number of rotatable bonds is 8. The molecule has 0 aromatic heterocycles.